The number of furan rings is 1. The summed E-state index contributed by atoms with van der Waals surface area (Å²) in [6.45, 7) is 4.52. The number of hydrogen-bond acceptors (Lipinski definition) is 3. The number of nitrogens with zero attached hydrogens (tertiary/aromatic N) is 1. The van der Waals surface area contributed by atoms with Gasteiger partial charge in [-0.25, -0.2) is 0 Å². The second-order valence-corrected chi connectivity index (χ2v) is 7.49. The van der Waals surface area contributed by atoms with Crippen molar-refractivity contribution in [3.05, 3.63) is 70.5 Å². The molecule has 0 unspecified atom stereocenters. The van der Waals surface area contributed by atoms with Crippen molar-refractivity contribution < 1.29 is 9.21 Å². The first-order valence-corrected chi connectivity index (χ1v) is 9.63. The summed E-state index contributed by atoms with van der Waals surface area (Å²) >= 11 is 0. The SMILES string of the molecule is Cc1ccc2oc(CNC(=O)CCc3ccccc3)c3c2c1CCN(C)C3. The standard InChI is InChI=1S/C23H26N2O2/c1-16-8-10-20-23-18(16)12-13-25(2)15-19(23)21(27-20)14-24-22(26)11-9-17-6-4-3-5-7-17/h3-8,10H,9,11-15H2,1-2H3,(H,24,26). The first-order chi connectivity index (χ1) is 13.1. The Bertz CT molecular complexity index is 959. The molecule has 0 aliphatic carbocycles. The van der Waals surface area contributed by atoms with E-state index in [9.17, 15) is 4.79 Å². The van der Waals surface area contributed by atoms with Crippen molar-refractivity contribution in [1.82, 2.24) is 10.2 Å². The molecule has 140 valence electrons. The van der Waals surface area contributed by atoms with Gasteiger partial charge in [0.15, 0.2) is 0 Å². The maximum atomic E-state index is 12.3. The summed E-state index contributed by atoms with van der Waals surface area (Å²) in [7, 11) is 2.14. The third kappa shape index (κ3) is 3.76. The van der Waals surface area contributed by atoms with E-state index >= 15 is 0 Å². The molecule has 1 aromatic heterocycles. The van der Waals surface area contributed by atoms with Crippen molar-refractivity contribution in [3.8, 4) is 0 Å². The summed E-state index contributed by atoms with van der Waals surface area (Å²) in [6, 6.07) is 14.3. The highest BCUT2D eigenvalue weighted by molar-refractivity contribution is 5.87. The molecule has 1 amide bonds. The minimum absolute atomic E-state index is 0.0601. The Hall–Kier alpha value is -2.59. The molecule has 2 heterocycles. The van der Waals surface area contributed by atoms with E-state index in [0.29, 0.717) is 13.0 Å². The van der Waals surface area contributed by atoms with Crippen LogP contribution in [0, 0.1) is 6.92 Å². The van der Waals surface area contributed by atoms with Gasteiger partial charge in [0, 0.05) is 30.5 Å². The number of carbonyl (C=O) groups excluding carboxylic acids is 1. The number of nitrogens with one attached hydrogen (secondary N) is 1. The Labute approximate surface area is 160 Å². The predicted molar refractivity (Wildman–Crippen MR) is 108 cm³/mol. The van der Waals surface area contributed by atoms with Crippen LogP contribution >= 0.6 is 0 Å². The van der Waals surface area contributed by atoms with Crippen LogP contribution in [0.25, 0.3) is 11.0 Å². The Morgan fingerprint density at radius 1 is 1.15 bits per heavy atom. The number of amides is 1. The van der Waals surface area contributed by atoms with Gasteiger partial charge in [-0.15, -0.1) is 0 Å². The van der Waals surface area contributed by atoms with Gasteiger partial charge in [-0.2, -0.15) is 0 Å². The molecule has 1 aliphatic heterocycles. The lowest BCUT2D eigenvalue weighted by atomic mass is 9.99. The van der Waals surface area contributed by atoms with Gasteiger partial charge in [0.2, 0.25) is 5.91 Å². The van der Waals surface area contributed by atoms with E-state index in [-0.39, 0.29) is 5.91 Å². The summed E-state index contributed by atoms with van der Waals surface area (Å²) in [5.74, 6) is 0.948. The highest BCUT2D eigenvalue weighted by Gasteiger charge is 2.22. The summed E-state index contributed by atoms with van der Waals surface area (Å²) in [4.78, 5) is 14.6. The van der Waals surface area contributed by atoms with Crippen molar-refractivity contribution >= 4 is 16.9 Å². The summed E-state index contributed by atoms with van der Waals surface area (Å²) in [5, 5.41) is 4.30. The molecule has 0 bridgehead atoms. The first kappa shape index (κ1) is 17.8. The van der Waals surface area contributed by atoms with Crippen LogP contribution in [-0.2, 0) is 30.7 Å². The molecule has 4 heteroatoms. The molecule has 0 atom stereocenters. The van der Waals surface area contributed by atoms with Crippen molar-refractivity contribution in [3.63, 3.8) is 0 Å². The molecule has 3 aromatic rings. The van der Waals surface area contributed by atoms with Crippen LogP contribution in [0.1, 0.15) is 34.4 Å². The van der Waals surface area contributed by atoms with Crippen LogP contribution in [0.4, 0.5) is 0 Å². The molecular formula is C23H26N2O2. The topological polar surface area (TPSA) is 45.5 Å². The number of rotatable bonds is 5. The Morgan fingerprint density at radius 3 is 2.78 bits per heavy atom. The van der Waals surface area contributed by atoms with Gasteiger partial charge in [0.1, 0.15) is 11.3 Å². The minimum Gasteiger partial charge on any atom is -0.459 e. The number of hydrogen-bond donors (Lipinski definition) is 1. The normalized spacial score (nSPS) is 14.3. The van der Waals surface area contributed by atoms with E-state index in [4.69, 9.17) is 4.42 Å². The zero-order chi connectivity index (χ0) is 18.8. The molecule has 0 radical (unpaired) electrons. The Morgan fingerprint density at radius 2 is 1.96 bits per heavy atom. The maximum Gasteiger partial charge on any atom is 0.220 e. The summed E-state index contributed by atoms with van der Waals surface area (Å²) in [5.41, 5.74) is 6.06. The van der Waals surface area contributed by atoms with E-state index in [2.05, 4.69) is 48.5 Å². The predicted octanol–water partition coefficient (Wildman–Crippen LogP) is 3.98. The molecule has 0 saturated heterocycles. The van der Waals surface area contributed by atoms with Crippen LogP contribution in [0.15, 0.2) is 46.9 Å². The molecule has 1 aliphatic rings. The largest absolute Gasteiger partial charge is 0.459 e. The number of aryl methyl sites for hydroxylation is 2. The van der Waals surface area contributed by atoms with E-state index < -0.39 is 0 Å². The fraction of sp³-hybridized carbons (Fsp3) is 0.348. The molecule has 0 fully saturated rings. The molecule has 2 aromatic carbocycles. The zero-order valence-electron chi connectivity index (χ0n) is 16.0. The van der Waals surface area contributed by atoms with Gasteiger partial charge in [0.05, 0.1) is 6.54 Å². The van der Waals surface area contributed by atoms with Crippen LogP contribution in [0.5, 0.6) is 0 Å². The van der Waals surface area contributed by atoms with Gasteiger partial charge >= 0.3 is 0 Å². The highest BCUT2D eigenvalue weighted by Crippen LogP contribution is 2.34. The fourth-order valence-corrected chi connectivity index (χ4v) is 3.93. The molecular weight excluding hydrogens is 336 g/mol. The second kappa shape index (κ2) is 7.57. The van der Waals surface area contributed by atoms with Gasteiger partial charge in [-0.3, -0.25) is 4.79 Å². The molecule has 27 heavy (non-hydrogen) atoms. The maximum absolute atomic E-state index is 12.3. The molecule has 4 rings (SSSR count). The van der Waals surface area contributed by atoms with Crippen LogP contribution in [0.3, 0.4) is 0 Å². The first-order valence-electron chi connectivity index (χ1n) is 9.63. The van der Waals surface area contributed by atoms with Crippen molar-refractivity contribution in [2.75, 3.05) is 13.6 Å². The lowest BCUT2D eigenvalue weighted by Crippen LogP contribution is -2.24. The van der Waals surface area contributed by atoms with Crippen LogP contribution in [-0.4, -0.2) is 24.4 Å². The van der Waals surface area contributed by atoms with Crippen LogP contribution in [0.2, 0.25) is 0 Å². The van der Waals surface area contributed by atoms with E-state index in [1.807, 2.05) is 18.2 Å². The average Bonchev–Trinajstić information content (AvgIpc) is 2.91. The van der Waals surface area contributed by atoms with E-state index in [0.717, 1.165) is 37.3 Å². The van der Waals surface area contributed by atoms with Gasteiger partial charge in [0.25, 0.3) is 0 Å². The molecule has 1 N–H and O–H groups in total. The Balaban J connectivity index is 1.50. The minimum atomic E-state index is 0.0601. The average molecular weight is 362 g/mol. The monoisotopic (exact) mass is 362 g/mol. The highest BCUT2D eigenvalue weighted by atomic mass is 16.3. The third-order valence-corrected chi connectivity index (χ3v) is 5.48. The summed E-state index contributed by atoms with van der Waals surface area (Å²) in [6.07, 6.45) is 2.28. The lowest BCUT2D eigenvalue weighted by molar-refractivity contribution is -0.121. The lowest BCUT2D eigenvalue weighted by Gasteiger charge is -2.14. The third-order valence-electron chi connectivity index (χ3n) is 5.48. The zero-order valence-corrected chi connectivity index (χ0v) is 16.0. The Kier molecular flexibility index (Phi) is 4.99. The number of carbonyl (C=O) groups is 1. The number of likely N-dealkylation sites (N-methyl/N-ethyl adjacent to an activating group) is 1. The van der Waals surface area contributed by atoms with Gasteiger partial charge in [-0.05, 0) is 49.6 Å². The van der Waals surface area contributed by atoms with Gasteiger partial charge < -0.3 is 14.6 Å². The number of benzene rings is 2. The second-order valence-electron chi connectivity index (χ2n) is 7.49. The van der Waals surface area contributed by atoms with Crippen molar-refractivity contribution in [2.45, 2.75) is 39.3 Å². The molecule has 0 saturated carbocycles. The van der Waals surface area contributed by atoms with Crippen LogP contribution < -0.4 is 5.32 Å². The molecule has 0 spiro atoms. The quantitative estimate of drug-likeness (QED) is 0.747. The van der Waals surface area contributed by atoms with Gasteiger partial charge in [-0.1, -0.05) is 36.4 Å². The van der Waals surface area contributed by atoms with E-state index in [1.54, 1.807) is 0 Å². The smallest absolute Gasteiger partial charge is 0.220 e. The summed E-state index contributed by atoms with van der Waals surface area (Å²) < 4.78 is 6.14. The fourth-order valence-electron chi connectivity index (χ4n) is 3.93. The van der Waals surface area contributed by atoms with Crippen molar-refractivity contribution in [1.29, 1.82) is 0 Å². The van der Waals surface area contributed by atoms with E-state index in [1.165, 1.54) is 27.6 Å². The molecule has 4 nitrogen and oxygen atoms in total. The van der Waals surface area contributed by atoms with Crippen molar-refractivity contribution in [2.24, 2.45) is 0 Å².